The lowest BCUT2D eigenvalue weighted by molar-refractivity contribution is -0.120. The molecule has 3 rings (SSSR count). The van der Waals surface area contributed by atoms with Crippen LogP contribution in [0.4, 0.5) is 5.69 Å². The molecule has 2 aromatic rings. The van der Waals surface area contributed by atoms with Crippen LogP contribution in [0.1, 0.15) is 23.6 Å². The lowest BCUT2D eigenvalue weighted by Gasteiger charge is -2.27. The molecule has 0 aromatic heterocycles. The van der Waals surface area contributed by atoms with Crippen LogP contribution in [0.3, 0.4) is 0 Å². The molecule has 1 aliphatic heterocycles. The predicted molar refractivity (Wildman–Crippen MR) is 121 cm³/mol. The predicted octanol–water partition coefficient (Wildman–Crippen LogP) is 2.35. The van der Waals surface area contributed by atoms with E-state index in [2.05, 4.69) is 11.4 Å². The number of carbonyl (C=O) groups is 1. The number of amides is 1. The summed E-state index contributed by atoms with van der Waals surface area (Å²) < 4.78 is 32.8. The van der Waals surface area contributed by atoms with Crippen LogP contribution < -0.4 is 5.32 Å². The minimum Gasteiger partial charge on any atom is -0.379 e. The summed E-state index contributed by atoms with van der Waals surface area (Å²) >= 11 is 0. The molecule has 1 N–H and O–H groups in total. The molecule has 0 spiro atoms. The molecule has 1 atom stereocenters. The topological polar surface area (TPSA) is 103 Å². The van der Waals surface area contributed by atoms with Crippen molar-refractivity contribution in [2.24, 2.45) is 0 Å². The number of rotatable bonds is 7. The molecule has 1 heterocycles. The monoisotopic (exact) mass is 456 g/mol. The fraction of sp³-hybridized carbons (Fsp3) is 0.391. The third-order valence-corrected chi connectivity index (χ3v) is 7.61. The molecule has 8 nitrogen and oxygen atoms in total. The van der Waals surface area contributed by atoms with Gasteiger partial charge in [0.1, 0.15) is 0 Å². The summed E-state index contributed by atoms with van der Waals surface area (Å²) in [6.07, 6.45) is 0. The molecule has 0 radical (unpaired) electrons. The molecule has 1 fully saturated rings. The van der Waals surface area contributed by atoms with Crippen molar-refractivity contribution in [1.29, 1.82) is 5.26 Å². The van der Waals surface area contributed by atoms with Crippen LogP contribution in [-0.4, -0.2) is 62.9 Å². The van der Waals surface area contributed by atoms with E-state index in [1.807, 2.05) is 24.1 Å². The van der Waals surface area contributed by atoms with E-state index in [4.69, 9.17) is 10.00 Å². The average molecular weight is 457 g/mol. The number of morpholine rings is 1. The second-order valence-corrected chi connectivity index (χ2v) is 9.80. The number of nitriles is 1. The smallest absolute Gasteiger partial charge is 0.243 e. The average Bonchev–Trinajstić information content (AvgIpc) is 2.80. The number of carbonyl (C=O) groups excluding carboxylic acids is 1. The number of ether oxygens (including phenoxy) is 1. The van der Waals surface area contributed by atoms with Gasteiger partial charge >= 0.3 is 0 Å². The van der Waals surface area contributed by atoms with Crippen LogP contribution in [-0.2, 0) is 26.1 Å². The Bertz CT molecular complexity index is 1120. The van der Waals surface area contributed by atoms with Gasteiger partial charge in [-0.3, -0.25) is 9.69 Å². The van der Waals surface area contributed by atoms with Crippen molar-refractivity contribution < 1.29 is 17.9 Å². The summed E-state index contributed by atoms with van der Waals surface area (Å²) in [6.45, 7) is 5.38. The van der Waals surface area contributed by atoms with E-state index in [1.165, 1.54) is 10.4 Å². The van der Waals surface area contributed by atoms with E-state index in [0.717, 1.165) is 5.56 Å². The Morgan fingerprint density at radius 3 is 2.66 bits per heavy atom. The number of hydrogen-bond donors (Lipinski definition) is 1. The first-order chi connectivity index (χ1) is 15.2. The van der Waals surface area contributed by atoms with E-state index >= 15 is 0 Å². The minimum atomic E-state index is -3.67. The molecule has 1 amide bonds. The van der Waals surface area contributed by atoms with Gasteiger partial charge in [0.15, 0.2) is 0 Å². The maximum atomic E-state index is 13.1. The largest absolute Gasteiger partial charge is 0.379 e. The summed E-state index contributed by atoms with van der Waals surface area (Å²) in [7, 11) is -1.84. The fourth-order valence-corrected chi connectivity index (χ4v) is 5.15. The van der Waals surface area contributed by atoms with E-state index < -0.39 is 16.1 Å². The van der Waals surface area contributed by atoms with Gasteiger partial charge in [-0.15, -0.1) is 0 Å². The SMILES string of the molecule is Cc1ccc(NC(=O)[C@@H](C)N(C)Cc2cccc(C#N)c2)cc1S(=O)(=O)N1CCOCC1. The van der Waals surface area contributed by atoms with E-state index in [1.54, 1.807) is 38.1 Å². The Balaban J connectivity index is 1.71. The van der Waals surface area contributed by atoms with Crippen molar-refractivity contribution in [1.82, 2.24) is 9.21 Å². The second-order valence-electron chi connectivity index (χ2n) is 7.89. The highest BCUT2D eigenvalue weighted by molar-refractivity contribution is 7.89. The highest BCUT2D eigenvalue weighted by atomic mass is 32.2. The molecule has 0 bridgehead atoms. The van der Waals surface area contributed by atoms with E-state index in [9.17, 15) is 13.2 Å². The van der Waals surface area contributed by atoms with Gasteiger partial charge in [-0.05, 0) is 56.3 Å². The first kappa shape index (κ1) is 23.9. The van der Waals surface area contributed by atoms with Gasteiger partial charge in [-0.1, -0.05) is 18.2 Å². The van der Waals surface area contributed by atoms with Crippen molar-refractivity contribution in [2.45, 2.75) is 31.3 Å². The first-order valence-corrected chi connectivity index (χ1v) is 11.8. The summed E-state index contributed by atoms with van der Waals surface area (Å²) in [5, 5.41) is 11.9. The molecular formula is C23H28N4O4S. The zero-order chi connectivity index (χ0) is 23.3. The summed E-state index contributed by atoms with van der Waals surface area (Å²) in [4.78, 5) is 14.9. The Morgan fingerprint density at radius 1 is 1.25 bits per heavy atom. The Labute approximate surface area is 189 Å². The summed E-state index contributed by atoms with van der Waals surface area (Å²) in [5.41, 5.74) is 2.55. The van der Waals surface area contributed by atoms with Gasteiger partial charge in [0.05, 0.1) is 35.8 Å². The highest BCUT2D eigenvalue weighted by Gasteiger charge is 2.28. The molecular weight excluding hydrogens is 428 g/mol. The van der Waals surface area contributed by atoms with E-state index in [0.29, 0.717) is 49.7 Å². The molecule has 1 saturated heterocycles. The van der Waals surface area contributed by atoms with Crippen molar-refractivity contribution in [3.63, 3.8) is 0 Å². The lowest BCUT2D eigenvalue weighted by Crippen LogP contribution is -2.41. The van der Waals surface area contributed by atoms with Crippen molar-refractivity contribution >= 4 is 21.6 Å². The minimum absolute atomic E-state index is 0.187. The van der Waals surface area contributed by atoms with E-state index in [-0.39, 0.29) is 10.8 Å². The molecule has 1 aliphatic rings. The molecule has 2 aromatic carbocycles. The van der Waals surface area contributed by atoms with Gasteiger partial charge in [-0.25, -0.2) is 8.42 Å². The Morgan fingerprint density at radius 2 is 1.97 bits per heavy atom. The number of sulfonamides is 1. The summed E-state index contributed by atoms with van der Waals surface area (Å²) in [6, 6.07) is 13.8. The van der Waals surface area contributed by atoms with Crippen molar-refractivity contribution in [2.75, 3.05) is 38.7 Å². The molecule has 0 saturated carbocycles. The summed E-state index contributed by atoms with van der Waals surface area (Å²) in [5.74, 6) is -0.248. The van der Waals surface area contributed by atoms with Crippen molar-refractivity contribution in [3.05, 3.63) is 59.2 Å². The number of hydrogen-bond acceptors (Lipinski definition) is 6. The van der Waals surface area contributed by atoms with Gasteiger partial charge < -0.3 is 10.1 Å². The standard InChI is InChI=1S/C23H28N4O4S/c1-17-7-8-21(14-22(17)32(29,30)27-9-11-31-12-10-27)25-23(28)18(2)26(3)16-20-6-4-5-19(13-20)15-24/h4-8,13-14,18H,9-12,16H2,1-3H3,(H,25,28)/t18-/m1/s1. The number of benzene rings is 2. The van der Waals surface area contributed by atoms with Crippen LogP contribution in [0.25, 0.3) is 0 Å². The third kappa shape index (κ3) is 5.53. The number of likely N-dealkylation sites (N-methyl/N-ethyl adjacent to an activating group) is 1. The Hall–Kier alpha value is -2.77. The second kappa shape index (κ2) is 10.2. The quantitative estimate of drug-likeness (QED) is 0.686. The van der Waals surface area contributed by atoms with Crippen LogP contribution in [0, 0.1) is 18.3 Å². The zero-order valence-electron chi connectivity index (χ0n) is 18.5. The highest BCUT2D eigenvalue weighted by Crippen LogP contribution is 2.24. The van der Waals surface area contributed by atoms with Gasteiger partial charge in [0, 0.05) is 25.3 Å². The molecule has 170 valence electrons. The third-order valence-electron chi connectivity index (χ3n) is 5.57. The van der Waals surface area contributed by atoms with Crippen LogP contribution in [0.2, 0.25) is 0 Å². The number of aryl methyl sites for hydroxylation is 1. The normalized spacial score (nSPS) is 15.8. The fourth-order valence-electron chi connectivity index (χ4n) is 3.49. The van der Waals surface area contributed by atoms with Crippen LogP contribution >= 0.6 is 0 Å². The van der Waals surface area contributed by atoms with Crippen LogP contribution in [0.5, 0.6) is 0 Å². The van der Waals surface area contributed by atoms with Gasteiger partial charge in [-0.2, -0.15) is 9.57 Å². The van der Waals surface area contributed by atoms with Gasteiger partial charge in [0.25, 0.3) is 0 Å². The molecule has 0 unspecified atom stereocenters. The van der Waals surface area contributed by atoms with Crippen LogP contribution in [0.15, 0.2) is 47.4 Å². The molecule has 0 aliphatic carbocycles. The lowest BCUT2D eigenvalue weighted by atomic mass is 10.1. The van der Waals surface area contributed by atoms with Crippen molar-refractivity contribution in [3.8, 4) is 6.07 Å². The van der Waals surface area contributed by atoms with Gasteiger partial charge in [0.2, 0.25) is 15.9 Å². The maximum Gasteiger partial charge on any atom is 0.243 e. The first-order valence-electron chi connectivity index (χ1n) is 10.4. The molecule has 32 heavy (non-hydrogen) atoms. The Kier molecular flexibility index (Phi) is 7.64. The number of nitrogens with zero attached hydrogens (tertiary/aromatic N) is 3. The number of anilines is 1. The number of nitrogens with one attached hydrogen (secondary N) is 1. The molecule has 9 heteroatoms. The zero-order valence-corrected chi connectivity index (χ0v) is 19.4. The maximum absolute atomic E-state index is 13.1.